The normalized spacial score (nSPS) is 56.4. The second-order valence-corrected chi connectivity index (χ2v) is 4.77. The molecule has 2 heteroatoms. The van der Waals surface area contributed by atoms with Gasteiger partial charge in [0.15, 0.2) is 0 Å². The van der Waals surface area contributed by atoms with E-state index in [1.807, 2.05) is 0 Å². The third kappa shape index (κ3) is 0.717. The van der Waals surface area contributed by atoms with Gasteiger partial charge < -0.3 is 5.11 Å². The number of carbonyl (C=O) groups is 1. The maximum atomic E-state index is 11.6. The molecule has 4 rings (SSSR count). The number of aliphatic hydroxyl groups excluding tert-OH is 1. The van der Waals surface area contributed by atoms with E-state index in [0.717, 1.165) is 25.2 Å². The van der Waals surface area contributed by atoms with Crippen LogP contribution in [0.15, 0.2) is 0 Å². The van der Waals surface area contributed by atoms with Crippen molar-refractivity contribution in [2.24, 2.45) is 23.7 Å². The van der Waals surface area contributed by atoms with Crippen LogP contribution >= 0.6 is 0 Å². The standard InChI is InChI=1S/C10H14O2/c11-9-6-1-5-2-7(4-6)10(12)8(9)3-5/h5-9,11H,1-4H2/t5-,6+,7-,8+,9+/m0/s1. The van der Waals surface area contributed by atoms with Crippen LogP contribution in [-0.4, -0.2) is 17.0 Å². The molecule has 4 bridgehead atoms. The van der Waals surface area contributed by atoms with Crippen molar-refractivity contribution in [3.63, 3.8) is 0 Å². The molecule has 4 aliphatic carbocycles. The minimum absolute atomic E-state index is 0.0289. The second kappa shape index (κ2) is 2.11. The Hall–Kier alpha value is -0.370. The molecule has 4 aliphatic rings. The maximum Gasteiger partial charge on any atom is 0.141 e. The molecule has 0 spiro atoms. The largest absolute Gasteiger partial charge is 0.392 e. The Morgan fingerprint density at radius 2 is 2.00 bits per heavy atom. The molecule has 66 valence electrons. The average molecular weight is 166 g/mol. The Morgan fingerprint density at radius 1 is 1.17 bits per heavy atom. The highest BCUT2D eigenvalue weighted by molar-refractivity contribution is 5.86. The van der Waals surface area contributed by atoms with E-state index in [-0.39, 0.29) is 12.0 Å². The highest BCUT2D eigenvalue weighted by Crippen LogP contribution is 2.51. The highest BCUT2D eigenvalue weighted by atomic mass is 16.3. The van der Waals surface area contributed by atoms with Crippen molar-refractivity contribution in [1.29, 1.82) is 0 Å². The van der Waals surface area contributed by atoms with E-state index < -0.39 is 0 Å². The molecule has 1 N–H and O–H groups in total. The zero-order chi connectivity index (χ0) is 8.29. The summed E-state index contributed by atoms with van der Waals surface area (Å²) in [5.74, 6) is 1.96. The zero-order valence-electron chi connectivity index (χ0n) is 7.07. The van der Waals surface area contributed by atoms with Gasteiger partial charge in [-0.3, -0.25) is 4.79 Å². The van der Waals surface area contributed by atoms with Crippen LogP contribution < -0.4 is 0 Å². The summed E-state index contributed by atoms with van der Waals surface area (Å²) in [7, 11) is 0. The number of rotatable bonds is 0. The lowest BCUT2D eigenvalue weighted by Gasteiger charge is -2.51. The predicted molar refractivity (Wildman–Crippen MR) is 43.4 cm³/mol. The van der Waals surface area contributed by atoms with Gasteiger partial charge >= 0.3 is 0 Å². The van der Waals surface area contributed by atoms with Crippen LogP contribution in [0.25, 0.3) is 0 Å². The Bertz CT molecular complexity index is 236. The fourth-order valence-electron chi connectivity index (χ4n) is 3.60. The molecule has 2 nitrogen and oxygen atoms in total. The van der Waals surface area contributed by atoms with Crippen molar-refractivity contribution in [2.75, 3.05) is 0 Å². The van der Waals surface area contributed by atoms with Crippen molar-refractivity contribution in [2.45, 2.75) is 31.8 Å². The van der Waals surface area contributed by atoms with Crippen LogP contribution in [-0.2, 0) is 4.79 Å². The van der Waals surface area contributed by atoms with Gasteiger partial charge in [0.2, 0.25) is 0 Å². The van der Waals surface area contributed by atoms with E-state index in [9.17, 15) is 9.90 Å². The summed E-state index contributed by atoms with van der Waals surface area (Å²) in [4.78, 5) is 11.6. The van der Waals surface area contributed by atoms with Crippen LogP contribution in [0.4, 0.5) is 0 Å². The third-order valence-electron chi connectivity index (χ3n) is 4.09. The number of hydrogen-bond acceptors (Lipinski definition) is 2. The van der Waals surface area contributed by atoms with Crippen molar-refractivity contribution in [3.8, 4) is 0 Å². The van der Waals surface area contributed by atoms with E-state index in [4.69, 9.17) is 0 Å². The van der Waals surface area contributed by atoms with Crippen LogP contribution in [0.1, 0.15) is 25.7 Å². The van der Waals surface area contributed by atoms with E-state index in [1.54, 1.807) is 0 Å². The molecule has 0 aromatic heterocycles. The minimum Gasteiger partial charge on any atom is -0.392 e. The van der Waals surface area contributed by atoms with Crippen molar-refractivity contribution < 1.29 is 9.90 Å². The van der Waals surface area contributed by atoms with Crippen LogP contribution in [0.5, 0.6) is 0 Å². The minimum atomic E-state index is -0.287. The van der Waals surface area contributed by atoms with Crippen LogP contribution in [0.3, 0.4) is 0 Å². The number of hydrogen-bond donors (Lipinski definition) is 1. The van der Waals surface area contributed by atoms with E-state index in [2.05, 4.69) is 0 Å². The molecule has 0 aromatic rings. The number of carbonyl (C=O) groups excluding carboxylic acids is 1. The fraction of sp³-hybridized carbons (Fsp3) is 0.900. The smallest absolute Gasteiger partial charge is 0.141 e. The summed E-state index contributed by atoms with van der Waals surface area (Å²) in [5.41, 5.74) is 0. The third-order valence-corrected chi connectivity index (χ3v) is 4.09. The summed E-state index contributed by atoms with van der Waals surface area (Å²) in [6, 6.07) is 0. The van der Waals surface area contributed by atoms with Gasteiger partial charge in [-0.2, -0.15) is 0 Å². The molecule has 0 unspecified atom stereocenters. The Morgan fingerprint density at radius 3 is 2.83 bits per heavy atom. The zero-order valence-corrected chi connectivity index (χ0v) is 7.07. The highest BCUT2D eigenvalue weighted by Gasteiger charge is 2.52. The molecule has 0 amide bonds. The number of aliphatic hydroxyl groups is 1. The summed E-state index contributed by atoms with van der Waals surface area (Å²) < 4.78 is 0. The molecule has 0 aromatic carbocycles. The van der Waals surface area contributed by atoms with Gasteiger partial charge in [0.1, 0.15) is 5.78 Å². The van der Waals surface area contributed by atoms with E-state index in [1.165, 1.54) is 6.42 Å². The van der Waals surface area contributed by atoms with Gasteiger partial charge in [-0.25, -0.2) is 0 Å². The van der Waals surface area contributed by atoms with Crippen molar-refractivity contribution >= 4 is 5.78 Å². The van der Waals surface area contributed by atoms with Crippen LogP contribution in [0, 0.1) is 23.7 Å². The van der Waals surface area contributed by atoms with E-state index in [0.29, 0.717) is 17.6 Å². The molecule has 12 heavy (non-hydrogen) atoms. The van der Waals surface area contributed by atoms with Gasteiger partial charge in [-0.05, 0) is 37.5 Å². The summed E-state index contributed by atoms with van der Waals surface area (Å²) >= 11 is 0. The van der Waals surface area contributed by atoms with Crippen LogP contribution in [0.2, 0.25) is 0 Å². The van der Waals surface area contributed by atoms with Gasteiger partial charge in [0, 0.05) is 11.8 Å². The Labute approximate surface area is 72.0 Å². The van der Waals surface area contributed by atoms with Gasteiger partial charge in [0.05, 0.1) is 6.10 Å². The van der Waals surface area contributed by atoms with Crippen molar-refractivity contribution in [3.05, 3.63) is 0 Å². The SMILES string of the molecule is O=C1[C@H]2C[C@@H]3C[C@H](C2)[C@@H](O)[C@H]1C3. The van der Waals surface area contributed by atoms with Gasteiger partial charge in [-0.15, -0.1) is 0 Å². The first kappa shape index (κ1) is 7.07. The van der Waals surface area contributed by atoms with Gasteiger partial charge in [0.25, 0.3) is 0 Å². The molecule has 4 saturated carbocycles. The molecule has 0 saturated heterocycles. The summed E-state index contributed by atoms with van der Waals surface area (Å²) in [5, 5.41) is 9.78. The van der Waals surface area contributed by atoms with E-state index >= 15 is 0 Å². The molecule has 4 fully saturated rings. The van der Waals surface area contributed by atoms with Gasteiger partial charge in [-0.1, -0.05) is 0 Å². The first-order valence-electron chi connectivity index (χ1n) is 4.97. The quantitative estimate of drug-likeness (QED) is 0.582. The molecular weight excluding hydrogens is 152 g/mol. The summed E-state index contributed by atoms with van der Waals surface area (Å²) in [6.07, 6.45) is 3.98. The summed E-state index contributed by atoms with van der Waals surface area (Å²) in [6.45, 7) is 0. The topological polar surface area (TPSA) is 37.3 Å². The second-order valence-electron chi connectivity index (χ2n) is 4.77. The lowest BCUT2D eigenvalue weighted by molar-refractivity contribution is -0.154. The molecule has 0 aliphatic heterocycles. The molecular formula is C10H14O2. The first-order valence-corrected chi connectivity index (χ1v) is 4.97. The monoisotopic (exact) mass is 166 g/mol. The Kier molecular flexibility index (Phi) is 1.24. The lowest BCUT2D eigenvalue weighted by Crippen LogP contribution is -2.53. The number of Topliss-reactive ketones (excluding diaryl/α,β-unsaturated/α-hetero) is 1. The van der Waals surface area contributed by atoms with Crippen molar-refractivity contribution in [1.82, 2.24) is 0 Å². The molecule has 0 heterocycles. The molecule has 5 atom stereocenters. The fourth-order valence-corrected chi connectivity index (χ4v) is 3.60. The maximum absolute atomic E-state index is 11.6. The average Bonchev–Trinajstić information content (AvgIpc) is 2.07. The number of ketones is 1. The first-order chi connectivity index (χ1) is 5.75. The Balaban J connectivity index is 1.98. The predicted octanol–water partition coefficient (Wildman–Crippen LogP) is 0.982. The molecule has 0 radical (unpaired) electrons. The lowest BCUT2D eigenvalue weighted by atomic mass is 9.54.